The maximum atomic E-state index is 11.3. The molecular weight excluding hydrogens is 176 g/mol. The number of Topliss-reactive ketones (excluding diaryl/α,β-unsaturated/α-hetero) is 1. The number of ketones is 1. The van der Waals surface area contributed by atoms with E-state index in [1.54, 1.807) is 0 Å². The Morgan fingerprint density at radius 1 is 1.43 bits per heavy atom. The Bertz CT molecular complexity index is 407. The van der Waals surface area contributed by atoms with Gasteiger partial charge in [-0.05, 0) is 23.6 Å². The first-order chi connectivity index (χ1) is 6.63. The molecule has 0 spiro atoms. The zero-order valence-electron chi connectivity index (χ0n) is 8.03. The van der Waals surface area contributed by atoms with Crippen LogP contribution in [0.25, 0.3) is 5.57 Å². The van der Waals surface area contributed by atoms with E-state index in [0.717, 1.165) is 16.7 Å². The lowest BCUT2D eigenvalue weighted by molar-refractivity contribution is -0.121. The summed E-state index contributed by atoms with van der Waals surface area (Å²) >= 11 is 0. The van der Waals surface area contributed by atoms with Gasteiger partial charge in [0.05, 0.1) is 12.0 Å². The third kappa shape index (κ3) is 1.11. The standard InChI is InChI=1S/C12H12O2/c1-7-9-5-3-4-6-10(9)12(14)11(7)8(2)13/h3-6,11-12,14H,1H2,2H3. The molecule has 0 saturated carbocycles. The third-order valence-electron chi connectivity index (χ3n) is 2.75. The summed E-state index contributed by atoms with van der Waals surface area (Å²) < 4.78 is 0. The van der Waals surface area contributed by atoms with Gasteiger partial charge < -0.3 is 5.11 Å². The molecule has 2 unspecified atom stereocenters. The van der Waals surface area contributed by atoms with E-state index in [1.165, 1.54) is 6.92 Å². The van der Waals surface area contributed by atoms with Gasteiger partial charge in [-0.2, -0.15) is 0 Å². The minimum absolute atomic E-state index is 0.0290. The number of carbonyl (C=O) groups excluding carboxylic acids is 1. The Kier molecular flexibility index (Phi) is 2.01. The van der Waals surface area contributed by atoms with E-state index >= 15 is 0 Å². The second-order valence-electron chi connectivity index (χ2n) is 3.65. The molecule has 0 heterocycles. The van der Waals surface area contributed by atoms with E-state index in [0.29, 0.717) is 0 Å². The molecule has 0 aliphatic heterocycles. The van der Waals surface area contributed by atoms with Gasteiger partial charge in [0.15, 0.2) is 0 Å². The second-order valence-corrected chi connectivity index (χ2v) is 3.65. The van der Waals surface area contributed by atoms with Crippen LogP contribution in [0.15, 0.2) is 30.8 Å². The lowest BCUT2D eigenvalue weighted by Crippen LogP contribution is -2.14. The van der Waals surface area contributed by atoms with Crippen molar-refractivity contribution in [2.45, 2.75) is 13.0 Å². The van der Waals surface area contributed by atoms with Crippen LogP contribution in [0.3, 0.4) is 0 Å². The number of aliphatic hydroxyl groups is 1. The van der Waals surface area contributed by atoms with Crippen LogP contribution >= 0.6 is 0 Å². The molecule has 0 radical (unpaired) electrons. The van der Waals surface area contributed by atoms with Crippen LogP contribution in [0.2, 0.25) is 0 Å². The van der Waals surface area contributed by atoms with Gasteiger partial charge in [-0.3, -0.25) is 4.79 Å². The highest BCUT2D eigenvalue weighted by Crippen LogP contribution is 2.43. The first kappa shape index (κ1) is 9.16. The van der Waals surface area contributed by atoms with E-state index < -0.39 is 12.0 Å². The van der Waals surface area contributed by atoms with Crippen LogP contribution in [0.4, 0.5) is 0 Å². The van der Waals surface area contributed by atoms with Crippen LogP contribution in [-0.2, 0) is 4.79 Å². The topological polar surface area (TPSA) is 37.3 Å². The molecular formula is C12H12O2. The Morgan fingerprint density at radius 3 is 2.64 bits per heavy atom. The Labute approximate surface area is 82.9 Å². The molecule has 0 bridgehead atoms. The fourth-order valence-electron chi connectivity index (χ4n) is 2.05. The van der Waals surface area contributed by atoms with E-state index in [-0.39, 0.29) is 5.78 Å². The maximum Gasteiger partial charge on any atom is 0.140 e. The molecule has 72 valence electrons. The van der Waals surface area contributed by atoms with Crippen molar-refractivity contribution >= 4 is 11.4 Å². The molecule has 0 amide bonds. The molecule has 1 aliphatic rings. The average molecular weight is 188 g/mol. The zero-order chi connectivity index (χ0) is 10.3. The van der Waals surface area contributed by atoms with Crippen LogP contribution in [-0.4, -0.2) is 10.9 Å². The maximum absolute atomic E-state index is 11.3. The summed E-state index contributed by atoms with van der Waals surface area (Å²) in [5, 5.41) is 9.90. The first-order valence-corrected chi connectivity index (χ1v) is 4.59. The number of benzene rings is 1. The Hall–Kier alpha value is -1.41. The number of hydrogen-bond acceptors (Lipinski definition) is 2. The third-order valence-corrected chi connectivity index (χ3v) is 2.75. The van der Waals surface area contributed by atoms with Gasteiger partial charge in [0.1, 0.15) is 5.78 Å². The van der Waals surface area contributed by atoms with Crippen molar-refractivity contribution in [2.75, 3.05) is 0 Å². The van der Waals surface area contributed by atoms with Gasteiger partial charge in [-0.15, -0.1) is 0 Å². The summed E-state index contributed by atoms with van der Waals surface area (Å²) in [6, 6.07) is 7.48. The molecule has 1 N–H and O–H groups in total. The minimum atomic E-state index is -0.712. The van der Waals surface area contributed by atoms with Crippen molar-refractivity contribution in [3.8, 4) is 0 Å². The fraction of sp³-hybridized carbons (Fsp3) is 0.250. The second kappa shape index (κ2) is 3.07. The molecule has 2 heteroatoms. The Balaban J connectivity index is 2.53. The van der Waals surface area contributed by atoms with Gasteiger partial charge in [0.2, 0.25) is 0 Å². The summed E-state index contributed by atoms with van der Waals surface area (Å²) in [5.74, 6) is -0.480. The van der Waals surface area contributed by atoms with Crippen molar-refractivity contribution in [3.05, 3.63) is 42.0 Å². The molecule has 1 aromatic rings. The smallest absolute Gasteiger partial charge is 0.140 e. The van der Waals surface area contributed by atoms with Gasteiger partial charge >= 0.3 is 0 Å². The van der Waals surface area contributed by atoms with Gasteiger partial charge in [0, 0.05) is 0 Å². The average Bonchev–Trinajstić information content (AvgIpc) is 2.41. The first-order valence-electron chi connectivity index (χ1n) is 4.59. The minimum Gasteiger partial charge on any atom is -0.387 e. The van der Waals surface area contributed by atoms with Crippen LogP contribution < -0.4 is 0 Å². The SMILES string of the molecule is C=C1c2ccccc2C(O)C1C(C)=O. The fourth-order valence-corrected chi connectivity index (χ4v) is 2.05. The number of aliphatic hydroxyl groups excluding tert-OH is 1. The lowest BCUT2D eigenvalue weighted by atomic mass is 9.96. The monoisotopic (exact) mass is 188 g/mol. The molecule has 1 aromatic carbocycles. The van der Waals surface area contributed by atoms with Crippen molar-refractivity contribution < 1.29 is 9.90 Å². The lowest BCUT2D eigenvalue weighted by Gasteiger charge is -2.11. The highest BCUT2D eigenvalue weighted by molar-refractivity contribution is 5.95. The predicted octanol–water partition coefficient (Wildman–Crippen LogP) is 1.95. The zero-order valence-corrected chi connectivity index (χ0v) is 8.03. The molecule has 0 fully saturated rings. The summed E-state index contributed by atoms with van der Waals surface area (Å²) in [6.07, 6.45) is -0.712. The predicted molar refractivity (Wildman–Crippen MR) is 54.6 cm³/mol. The van der Waals surface area contributed by atoms with Gasteiger partial charge in [-0.25, -0.2) is 0 Å². The number of rotatable bonds is 1. The largest absolute Gasteiger partial charge is 0.387 e. The summed E-state index contributed by atoms with van der Waals surface area (Å²) in [6.45, 7) is 5.36. The molecule has 2 rings (SSSR count). The van der Waals surface area contributed by atoms with Gasteiger partial charge in [0.25, 0.3) is 0 Å². The summed E-state index contributed by atoms with van der Waals surface area (Å²) in [4.78, 5) is 11.3. The van der Waals surface area contributed by atoms with Crippen LogP contribution in [0, 0.1) is 5.92 Å². The molecule has 2 nitrogen and oxygen atoms in total. The quantitative estimate of drug-likeness (QED) is 0.731. The summed E-state index contributed by atoms with van der Waals surface area (Å²) in [5.41, 5.74) is 2.47. The van der Waals surface area contributed by atoms with Crippen LogP contribution in [0.5, 0.6) is 0 Å². The van der Waals surface area contributed by atoms with Crippen molar-refractivity contribution in [3.63, 3.8) is 0 Å². The highest BCUT2D eigenvalue weighted by atomic mass is 16.3. The Morgan fingerprint density at radius 2 is 2.07 bits per heavy atom. The number of carbonyl (C=O) groups is 1. The van der Waals surface area contributed by atoms with Crippen molar-refractivity contribution in [2.24, 2.45) is 5.92 Å². The van der Waals surface area contributed by atoms with E-state index in [9.17, 15) is 9.90 Å². The van der Waals surface area contributed by atoms with Crippen molar-refractivity contribution in [1.29, 1.82) is 0 Å². The van der Waals surface area contributed by atoms with E-state index in [4.69, 9.17) is 0 Å². The summed E-state index contributed by atoms with van der Waals surface area (Å²) in [7, 11) is 0. The molecule has 2 atom stereocenters. The van der Waals surface area contributed by atoms with E-state index in [1.807, 2.05) is 24.3 Å². The molecule has 14 heavy (non-hydrogen) atoms. The van der Waals surface area contributed by atoms with Crippen LogP contribution in [0.1, 0.15) is 24.2 Å². The van der Waals surface area contributed by atoms with Gasteiger partial charge in [-0.1, -0.05) is 30.8 Å². The molecule has 1 aliphatic carbocycles. The van der Waals surface area contributed by atoms with Crippen molar-refractivity contribution in [1.82, 2.24) is 0 Å². The van der Waals surface area contributed by atoms with E-state index in [2.05, 4.69) is 6.58 Å². The molecule has 0 aromatic heterocycles. The molecule has 0 saturated heterocycles. The number of hydrogen-bond donors (Lipinski definition) is 1. The normalized spacial score (nSPS) is 24.9. The number of fused-ring (bicyclic) bond motifs is 1. The highest BCUT2D eigenvalue weighted by Gasteiger charge is 2.36.